The van der Waals surface area contributed by atoms with E-state index >= 15 is 0 Å². The summed E-state index contributed by atoms with van der Waals surface area (Å²) in [5, 5.41) is 26.9. The number of rotatable bonds is 3. The number of amides is 1. The Hall–Kier alpha value is -2.65. The summed E-state index contributed by atoms with van der Waals surface area (Å²) in [4.78, 5) is 14.9. The lowest BCUT2D eigenvalue weighted by Crippen LogP contribution is -2.32. The highest BCUT2D eigenvalue weighted by Crippen LogP contribution is 2.39. The summed E-state index contributed by atoms with van der Waals surface area (Å²) in [7, 11) is 0. The van der Waals surface area contributed by atoms with E-state index in [4.69, 9.17) is 16.7 Å². The van der Waals surface area contributed by atoms with Crippen LogP contribution in [0.25, 0.3) is 21.7 Å². The van der Waals surface area contributed by atoms with Crippen molar-refractivity contribution in [3.8, 4) is 21.7 Å². The number of anilines is 1. The lowest BCUT2D eigenvalue weighted by Gasteiger charge is -2.18. The first-order valence-corrected chi connectivity index (χ1v) is 10.1. The van der Waals surface area contributed by atoms with Gasteiger partial charge in [-0.2, -0.15) is 5.10 Å². The third-order valence-corrected chi connectivity index (χ3v) is 6.80. The zero-order valence-electron chi connectivity index (χ0n) is 14.7. The molecule has 5 rings (SSSR count). The van der Waals surface area contributed by atoms with E-state index in [0.29, 0.717) is 29.9 Å². The van der Waals surface area contributed by atoms with Crippen LogP contribution in [-0.2, 0) is 0 Å². The molecule has 2 aliphatic rings. The van der Waals surface area contributed by atoms with E-state index in [-0.39, 0.29) is 0 Å². The van der Waals surface area contributed by atoms with Gasteiger partial charge in [-0.25, -0.2) is 4.79 Å². The van der Waals surface area contributed by atoms with E-state index in [1.54, 1.807) is 6.20 Å². The molecule has 28 heavy (non-hydrogen) atoms. The molecule has 2 aromatic heterocycles. The van der Waals surface area contributed by atoms with Crippen molar-refractivity contribution in [1.29, 1.82) is 0 Å². The Kier molecular flexibility index (Phi) is 4.21. The van der Waals surface area contributed by atoms with Gasteiger partial charge in [0.05, 0.1) is 11.2 Å². The van der Waals surface area contributed by atoms with E-state index in [0.717, 1.165) is 39.9 Å². The number of hydrogen-bond acceptors (Lipinski definition) is 6. The molecular formula is C18H17ClN6O2S. The molecule has 4 heterocycles. The van der Waals surface area contributed by atoms with Crippen molar-refractivity contribution in [3.63, 3.8) is 0 Å². The molecule has 1 amide bonds. The summed E-state index contributed by atoms with van der Waals surface area (Å²) in [6.07, 6.45) is 2.75. The van der Waals surface area contributed by atoms with Crippen molar-refractivity contribution in [2.45, 2.75) is 0 Å². The lowest BCUT2D eigenvalue weighted by atomic mass is 10.0. The molecule has 0 aliphatic carbocycles. The van der Waals surface area contributed by atoms with Crippen LogP contribution in [0.3, 0.4) is 0 Å². The molecule has 0 spiro atoms. The number of benzene rings is 1. The van der Waals surface area contributed by atoms with E-state index in [2.05, 4.69) is 25.3 Å². The SMILES string of the molecule is O=C(O)N1CC2CN(c3nnc(-c4ccc(-c5cn[nH]c5)cc4Cl)s3)CC2C1. The number of aromatic nitrogens is 4. The minimum atomic E-state index is -0.826. The first-order chi connectivity index (χ1) is 13.6. The molecule has 0 radical (unpaired) electrons. The standard InChI is InChI=1S/C18H17ClN6O2S/c19-15-3-10(11-4-20-21-5-11)1-2-14(15)16-22-23-17(28-16)24-6-12-8-25(18(26)27)9-13(12)7-24/h1-5,12-13H,6-9H2,(H,20,21)(H,26,27). The fourth-order valence-corrected chi connectivity index (χ4v) is 5.26. The van der Waals surface area contributed by atoms with Crippen LogP contribution in [-0.4, -0.2) is 62.7 Å². The molecule has 2 aliphatic heterocycles. The molecule has 10 heteroatoms. The average Bonchev–Trinajstić information content (AvgIpc) is 3.42. The second kappa shape index (κ2) is 6.75. The molecule has 144 valence electrons. The predicted molar refractivity (Wildman–Crippen MR) is 107 cm³/mol. The first kappa shape index (κ1) is 17.4. The van der Waals surface area contributed by atoms with E-state index < -0.39 is 6.09 Å². The van der Waals surface area contributed by atoms with Crippen molar-refractivity contribution < 1.29 is 9.90 Å². The van der Waals surface area contributed by atoms with Gasteiger partial charge in [0, 0.05) is 55.3 Å². The lowest BCUT2D eigenvalue weighted by molar-refractivity contribution is 0.153. The second-order valence-corrected chi connectivity index (χ2v) is 8.55. The third kappa shape index (κ3) is 3.00. The van der Waals surface area contributed by atoms with E-state index in [1.165, 1.54) is 16.2 Å². The van der Waals surface area contributed by atoms with E-state index in [1.807, 2.05) is 24.4 Å². The summed E-state index contributed by atoms with van der Waals surface area (Å²) in [6, 6.07) is 5.86. The molecule has 2 fully saturated rings. The third-order valence-electron chi connectivity index (χ3n) is 5.47. The number of hydrogen-bond donors (Lipinski definition) is 2. The minimum Gasteiger partial charge on any atom is -0.465 e. The highest BCUT2D eigenvalue weighted by Gasteiger charge is 2.42. The molecule has 0 saturated carbocycles. The molecule has 2 N–H and O–H groups in total. The predicted octanol–water partition coefficient (Wildman–Crippen LogP) is 3.29. The van der Waals surface area contributed by atoms with Crippen LogP contribution in [0, 0.1) is 11.8 Å². The van der Waals surface area contributed by atoms with Crippen molar-refractivity contribution in [3.05, 3.63) is 35.6 Å². The number of carboxylic acid groups (broad SMARTS) is 1. The summed E-state index contributed by atoms with van der Waals surface area (Å²) < 4.78 is 0. The topological polar surface area (TPSA) is 98.2 Å². The number of carbonyl (C=O) groups is 1. The summed E-state index contributed by atoms with van der Waals surface area (Å²) in [6.45, 7) is 2.83. The van der Waals surface area contributed by atoms with Gasteiger partial charge in [-0.3, -0.25) is 5.10 Å². The maximum absolute atomic E-state index is 11.1. The quantitative estimate of drug-likeness (QED) is 0.679. The number of aromatic amines is 1. The van der Waals surface area contributed by atoms with Crippen molar-refractivity contribution in [2.75, 3.05) is 31.1 Å². The molecular weight excluding hydrogens is 400 g/mol. The Bertz CT molecular complexity index is 1010. The van der Waals surface area contributed by atoms with Crippen molar-refractivity contribution >= 4 is 34.2 Å². The van der Waals surface area contributed by atoms with Crippen molar-refractivity contribution in [1.82, 2.24) is 25.3 Å². The van der Waals surface area contributed by atoms with Crippen LogP contribution in [0.5, 0.6) is 0 Å². The number of H-pyrrole nitrogens is 1. The van der Waals surface area contributed by atoms with Gasteiger partial charge in [-0.15, -0.1) is 10.2 Å². The molecule has 1 aromatic carbocycles. The van der Waals surface area contributed by atoms with Gasteiger partial charge in [-0.05, 0) is 17.7 Å². The van der Waals surface area contributed by atoms with Crippen LogP contribution in [0.4, 0.5) is 9.93 Å². The van der Waals surface area contributed by atoms with Gasteiger partial charge in [0.2, 0.25) is 5.13 Å². The Morgan fingerprint density at radius 3 is 2.61 bits per heavy atom. The summed E-state index contributed by atoms with van der Waals surface area (Å²) in [5.41, 5.74) is 2.82. The van der Waals surface area contributed by atoms with Gasteiger partial charge in [0.15, 0.2) is 5.01 Å². The van der Waals surface area contributed by atoms with Crippen LogP contribution in [0.2, 0.25) is 5.02 Å². The molecule has 2 atom stereocenters. The van der Waals surface area contributed by atoms with Gasteiger partial charge >= 0.3 is 6.09 Å². The van der Waals surface area contributed by atoms with Gasteiger partial charge in [-0.1, -0.05) is 29.0 Å². The van der Waals surface area contributed by atoms with Crippen LogP contribution >= 0.6 is 22.9 Å². The van der Waals surface area contributed by atoms with Crippen LogP contribution in [0.15, 0.2) is 30.6 Å². The maximum Gasteiger partial charge on any atom is 0.407 e. The second-order valence-electron chi connectivity index (χ2n) is 7.18. The average molecular weight is 417 g/mol. The highest BCUT2D eigenvalue weighted by atomic mass is 35.5. The van der Waals surface area contributed by atoms with Gasteiger partial charge in [0.25, 0.3) is 0 Å². The Morgan fingerprint density at radius 2 is 1.96 bits per heavy atom. The highest BCUT2D eigenvalue weighted by molar-refractivity contribution is 7.18. The minimum absolute atomic E-state index is 0.362. The maximum atomic E-state index is 11.1. The Morgan fingerprint density at radius 1 is 1.18 bits per heavy atom. The number of nitrogens with one attached hydrogen (secondary N) is 1. The van der Waals surface area contributed by atoms with Crippen LogP contribution < -0.4 is 4.90 Å². The Labute approximate surface area is 169 Å². The zero-order valence-corrected chi connectivity index (χ0v) is 16.3. The molecule has 3 aromatic rings. The Balaban J connectivity index is 1.33. The summed E-state index contributed by atoms with van der Waals surface area (Å²) in [5.74, 6) is 0.725. The van der Waals surface area contributed by atoms with E-state index in [9.17, 15) is 4.79 Å². The van der Waals surface area contributed by atoms with Gasteiger partial charge < -0.3 is 14.9 Å². The smallest absolute Gasteiger partial charge is 0.407 e. The number of fused-ring (bicyclic) bond motifs is 1. The van der Waals surface area contributed by atoms with Gasteiger partial charge in [0.1, 0.15) is 0 Å². The first-order valence-electron chi connectivity index (χ1n) is 8.94. The molecule has 8 nitrogen and oxygen atoms in total. The number of halogens is 1. The normalized spacial score (nSPS) is 21.3. The molecule has 2 saturated heterocycles. The van der Waals surface area contributed by atoms with Crippen LogP contribution in [0.1, 0.15) is 0 Å². The molecule has 0 bridgehead atoms. The number of nitrogens with zero attached hydrogens (tertiary/aromatic N) is 5. The largest absolute Gasteiger partial charge is 0.465 e. The fourth-order valence-electron chi connectivity index (χ4n) is 4.03. The van der Waals surface area contributed by atoms with Crippen molar-refractivity contribution in [2.24, 2.45) is 11.8 Å². The molecule has 2 unspecified atom stereocenters. The number of likely N-dealkylation sites (tertiary alicyclic amines) is 1. The zero-order chi connectivity index (χ0) is 19.3. The fraction of sp³-hybridized carbons (Fsp3) is 0.333. The summed E-state index contributed by atoms with van der Waals surface area (Å²) >= 11 is 8.02. The monoisotopic (exact) mass is 416 g/mol.